The summed E-state index contributed by atoms with van der Waals surface area (Å²) in [5.41, 5.74) is 2.58. The zero-order chi connectivity index (χ0) is 13.6. The van der Waals surface area contributed by atoms with Crippen LogP contribution in [0.3, 0.4) is 0 Å². The summed E-state index contributed by atoms with van der Waals surface area (Å²) in [6.45, 7) is 2.19. The van der Waals surface area contributed by atoms with E-state index in [9.17, 15) is 0 Å². The van der Waals surface area contributed by atoms with E-state index in [0.29, 0.717) is 6.04 Å². The first-order chi connectivity index (χ1) is 9.92. The number of hydrogen-bond donors (Lipinski definition) is 0. The topological polar surface area (TPSA) is 29.0 Å². The molecule has 104 valence electrons. The van der Waals surface area contributed by atoms with E-state index in [1.54, 1.807) is 0 Å². The molecule has 3 nitrogen and oxygen atoms in total. The van der Waals surface area contributed by atoms with Gasteiger partial charge < -0.3 is 0 Å². The van der Waals surface area contributed by atoms with Crippen molar-refractivity contribution in [3.63, 3.8) is 0 Å². The Kier molecular flexibility index (Phi) is 4.38. The SMILES string of the molecule is c1ccc(CN2CCCC2CCc2ccncc2)nc1. The fourth-order valence-corrected chi connectivity index (χ4v) is 3.01. The maximum absolute atomic E-state index is 4.45. The third-order valence-electron chi connectivity index (χ3n) is 4.11. The van der Waals surface area contributed by atoms with Gasteiger partial charge in [0.05, 0.1) is 5.69 Å². The van der Waals surface area contributed by atoms with E-state index < -0.39 is 0 Å². The van der Waals surface area contributed by atoms with Crippen LogP contribution in [0.1, 0.15) is 30.5 Å². The molecule has 0 aliphatic carbocycles. The summed E-state index contributed by atoms with van der Waals surface area (Å²) < 4.78 is 0. The summed E-state index contributed by atoms with van der Waals surface area (Å²) in [5.74, 6) is 0. The molecule has 1 atom stereocenters. The highest BCUT2D eigenvalue weighted by molar-refractivity contribution is 5.10. The Bertz CT molecular complexity index is 512. The van der Waals surface area contributed by atoms with Crippen molar-refractivity contribution < 1.29 is 0 Å². The third kappa shape index (κ3) is 3.42. The number of pyridine rings is 2. The van der Waals surface area contributed by atoms with E-state index in [1.165, 1.54) is 37.1 Å². The van der Waals surface area contributed by atoms with Gasteiger partial charge in [-0.1, -0.05) is 6.07 Å². The number of rotatable bonds is 5. The van der Waals surface area contributed by atoms with Crippen LogP contribution >= 0.6 is 0 Å². The first-order valence-electron chi connectivity index (χ1n) is 7.45. The molecule has 0 aromatic carbocycles. The molecule has 0 spiro atoms. The minimum atomic E-state index is 0.699. The van der Waals surface area contributed by atoms with Gasteiger partial charge in [-0.2, -0.15) is 0 Å². The molecule has 0 saturated carbocycles. The molecular formula is C17H21N3. The Morgan fingerprint density at radius 1 is 1.10 bits per heavy atom. The predicted octanol–water partition coefficient (Wildman–Crippen LogP) is 3.07. The smallest absolute Gasteiger partial charge is 0.0544 e. The molecule has 1 aliphatic heterocycles. The van der Waals surface area contributed by atoms with Crippen LogP contribution in [-0.4, -0.2) is 27.5 Å². The van der Waals surface area contributed by atoms with Gasteiger partial charge in [-0.3, -0.25) is 14.9 Å². The third-order valence-corrected chi connectivity index (χ3v) is 4.11. The minimum Gasteiger partial charge on any atom is -0.295 e. The molecule has 3 heterocycles. The molecule has 1 unspecified atom stereocenters. The fraction of sp³-hybridized carbons (Fsp3) is 0.412. The van der Waals surface area contributed by atoms with Gasteiger partial charge in [0.1, 0.15) is 0 Å². The summed E-state index contributed by atoms with van der Waals surface area (Å²) >= 11 is 0. The second-order valence-corrected chi connectivity index (χ2v) is 5.48. The maximum atomic E-state index is 4.45. The average Bonchev–Trinajstić information content (AvgIpc) is 2.94. The molecule has 1 aliphatic rings. The van der Waals surface area contributed by atoms with Crippen molar-refractivity contribution in [3.05, 3.63) is 60.2 Å². The second-order valence-electron chi connectivity index (χ2n) is 5.48. The van der Waals surface area contributed by atoms with E-state index in [4.69, 9.17) is 0 Å². The van der Waals surface area contributed by atoms with Crippen molar-refractivity contribution in [2.45, 2.75) is 38.3 Å². The molecule has 1 saturated heterocycles. The molecule has 0 N–H and O–H groups in total. The highest BCUT2D eigenvalue weighted by Crippen LogP contribution is 2.23. The lowest BCUT2D eigenvalue weighted by molar-refractivity contribution is 0.232. The monoisotopic (exact) mass is 267 g/mol. The van der Waals surface area contributed by atoms with E-state index in [2.05, 4.69) is 39.1 Å². The molecule has 20 heavy (non-hydrogen) atoms. The highest BCUT2D eigenvalue weighted by Gasteiger charge is 2.24. The summed E-state index contributed by atoms with van der Waals surface area (Å²) in [7, 11) is 0. The van der Waals surface area contributed by atoms with Gasteiger partial charge in [-0.15, -0.1) is 0 Å². The zero-order valence-corrected chi connectivity index (χ0v) is 11.8. The Balaban J connectivity index is 1.56. The van der Waals surface area contributed by atoms with Crippen LogP contribution < -0.4 is 0 Å². The molecule has 0 amide bonds. The first kappa shape index (κ1) is 13.3. The number of aryl methyl sites for hydroxylation is 1. The van der Waals surface area contributed by atoms with Crippen molar-refractivity contribution in [3.8, 4) is 0 Å². The Hall–Kier alpha value is -1.74. The number of nitrogens with zero attached hydrogens (tertiary/aromatic N) is 3. The predicted molar refractivity (Wildman–Crippen MR) is 80.2 cm³/mol. The van der Waals surface area contributed by atoms with Crippen molar-refractivity contribution in [1.29, 1.82) is 0 Å². The molecule has 3 rings (SSSR count). The molecule has 3 heteroatoms. The normalized spacial score (nSPS) is 19.3. The molecule has 0 bridgehead atoms. The van der Waals surface area contributed by atoms with Crippen LogP contribution in [0.5, 0.6) is 0 Å². The van der Waals surface area contributed by atoms with Crippen molar-refractivity contribution in [2.75, 3.05) is 6.54 Å². The molecule has 2 aromatic heterocycles. The Morgan fingerprint density at radius 3 is 2.80 bits per heavy atom. The van der Waals surface area contributed by atoms with Gasteiger partial charge in [0.25, 0.3) is 0 Å². The van der Waals surface area contributed by atoms with Crippen LogP contribution in [0.2, 0.25) is 0 Å². The van der Waals surface area contributed by atoms with Crippen molar-refractivity contribution in [1.82, 2.24) is 14.9 Å². The minimum absolute atomic E-state index is 0.699. The quantitative estimate of drug-likeness (QED) is 0.833. The van der Waals surface area contributed by atoms with E-state index >= 15 is 0 Å². The van der Waals surface area contributed by atoms with E-state index in [-0.39, 0.29) is 0 Å². The lowest BCUT2D eigenvalue weighted by Crippen LogP contribution is -2.29. The summed E-state index contributed by atoms with van der Waals surface area (Å²) in [4.78, 5) is 11.1. The Labute approximate surface area is 120 Å². The largest absolute Gasteiger partial charge is 0.295 e. The second kappa shape index (κ2) is 6.62. The number of aromatic nitrogens is 2. The molecule has 2 aromatic rings. The summed E-state index contributed by atoms with van der Waals surface area (Å²) in [6.07, 6.45) is 10.7. The van der Waals surface area contributed by atoms with Crippen LogP contribution in [0.15, 0.2) is 48.9 Å². The van der Waals surface area contributed by atoms with Gasteiger partial charge >= 0.3 is 0 Å². The number of hydrogen-bond acceptors (Lipinski definition) is 3. The van der Waals surface area contributed by atoms with Crippen LogP contribution in [0, 0.1) is 0 Å². The molecule has 1 fully saturated rings. The van der Waals surface area contributed by atoms with E-state index in [0.717, 1.165) is 13.0 Å². The standard InChI is InChI=1S/C17H21N3/c1-2-10-19-16(4-1)14-20-13-3-5-17(20)7-6-15-8-11-18-12-9-15/h1-2,4,8-12,17H,3,5-7,13-14H2. The van der Waals surface area contributed by atoms with Crippen LogP contribution in [-0.2, 0) is 13.0 Å². The van der Waals surface area contributed by atoms with Crippen molar-refractivity contribution >= 4 is 0 Å². The van der Waals surface area contributed by atoms with Crippen molar-refractivity contribution in [2.24, 2.45) is 0 Å². The van der Waals surface area contributed by atoms with Crippen LogP contribution in [0.25, 0.3) is 0 Å². The van der Waals surface area contributed by atoms with E-state index in [1.807, 2.05) is 24.7 Å². The van der Waals surface area contributed by atoms with Gasteiger partial charge in [-0.25, -0.2) is 0 Å². The fourth-order valence-electron chi connectivity index (χ4n) is 3.01. The van der Waals surface area contributed by atoms with Gasteiger partial charge in [-0.05, 0) is 62.1 Å². The number of likely N-dealkylation sites (tertiary alicyclic amines) is 1. The van der Waals surface area contributed by atoms with Gasteiger partial charge in [0, 0.05) is 31.2 Å². The summed E-state index contributed by atoms with van der Waals surface area (Å²) in [5, 5.41) is 0. The lowest BCUT2D eigenvalue weighted by atomic mass is 10.0. The van der Waals surface area contributed by atoms with Gasteiger partial charge in [0.2, 0.25) is 0 Å². The average molecular weight is 267 g/mol. The molecular weight excluding hydrogens is 246 g/mol. The zero-order valence-electron chi connectivity index (χ0n) is 11.8. The highest BCUT2D eigenvalue weighted by atomic mass is 15.2. The summed E-state index contributed by atoms with van der Waals surface area (Å²) in [6, 6.07) is 11.1. The Morgan fingerprint density at radius 2 is 2.00 bits per heavy atom. The van der Waals surface area contributed by atoms with Gasteiger partial charge in [0.15, 0.2) is 0 Å². The lowest BCUT2D eigenvalue weighted by Gasteiger charge is -2.24. The molecule has 0 radical (unpaired) electrons. The first-order valence-corrected chi connectivity index (χ1v) is 7.45. The van der Waals surface area contributed by atoms with Crippen LogP contribution in [0.4, 0.5) is 0 Å². The maximum Gasteiger partial charge on any atom is 0.0544 e.